The van der Waals surface area contributed by atoms with Crippen molar-refractivity contribution >= 4 is 5.78 Å². The van der Waals surface area contributed by atoms with Crippen LogP contribution in [0.2, 0.25) is 0 Å². The van der Waals surface area contributed by atoms with Crippen LogP contribution in [-0.2, 0) is 4.79 Å². The zero-order valence-electron chi connectivity index (χ0n) is 11.1. The van der Waals surface area contributed by atoms with Gasteiger partial charge < -0.3 is 0 Å². The van der Waals surface area contributed by atoms with Crippen molar-refractivity contribution in [2.24, 2.45) is 5.41 Å². The Morgan fingerprint density at radius 1 is 1.50 bits per heavy atom. The molecule has 90 valence electrons. The summed E-state index contributed by atoms with van der Waals surface area (Å²) in [6.07, 6.45) is 9.55. The van der Waals surface area contributed by atoms with E-state index in [2.05, 4.69) is 32.9 Å². The van der Waals surface area contributed by atoms with Gasteiger partial charge in [0.2, 0.25) is 0 Å². The summed E-state index contributed by atoms with van der Waals surface area (Å²) in [4.78, 5) is 11.8. The Labute approximate surface area is 99.6 Å². The van der Waals surface area contributed by atoms with E-state index in [1.165, 1.54) is 5.57 Å². The zero-order chi connectivity index (χ0) is 12.2. The van der Waals surface area contributed by atoms with Crippen LogP contribution in [0.5, 0.6) is 0 Å². The van der Waals surface area contributed by atoms with E-state index in [0.717, 1.165) is 37.7 Å². The molecule has 0 fully saturated rings. The number of rotatable bonds is 3. The van der Waals surface area contributed by atoms with Gasteiger partial charge in [-0.15, -0.1) is 0 Å². The highest BCUT2D eigenvalue weighted by Crippen LogP contribution is 2.36. The van der Waals surface area contributed by atoms with E-state index in [-0.39, 0.29) is 5.41 Å². The van der Waals surface area contributed by atoms with Crippen LogP contribution in [0, 0.1) is 5.41 Å². The molecule has 1 atom stereocenters. The molecule has 1 aliphatic carbocycles. The minimum absolute atomic E-state index is 0.206. The fraction of sp³-hybridized carbons (Fsp3) is 0.667. The average Bonchev–Trinajstić information content (AvgIpc) is 2.27. The van der Waals surface area contributed by atoms with Crippen molar-refractivity contribution in [2.75, 3.05) is 0 Å². The highest BCUT2D eigenvalue weighted by atomic mass is 16.1. The first-order valence-corrected chi connectivity index (χ1v) is 6.26. The molecule has 0 heterocycles. The fourth-order valence-corrected chi connectivity index (χ4v) is 2.29. The van der Waals surface area contributed by atoms with Crippen LogP contribution in [0.25, 0.3) is 0 Å². The summed E-state index contributed by atoms with van der Waals surface area (Å²) in [6.45, 7) is 8.47. The van der Waals surface area contributed by atoms with Gasteiger partial charge in [0, 0.05) is 6.42 Å². The van der Waals surface area contributed by atoms with Crippen LogP contribution in [0.15, 0.2) is 23.3 Å². The highest BCUT2D eigenvalue weighted by Gasteiger charge is 2.28. The van der Waals surface area contributed by atoms with Gasteiger partial charge in [0.25, 0.3) is 0 Å². The van der Waals surface area contributed by atoms with E-state index in [9.17, 15) is 4.79 Å². The summed E-state index contributed by atoms with van der Waals surface area (Å²) >= 11 is 0. The second-order valence-electron chi connectivity index (χ2n) is 5.66. The van der Waals surface area contributed by atoms with Crippen LogP contribution >= 0.6 is 0 Å². The van der Waals surface area contributed by atoms with Crippen LogP contribution in [0.1, 0.15) is 59.8 Å². The number of allylic oxidation sites excluding steroid dienone is 4. The summed E-state index contributed by atoms with van der Waals surface area (Å²) in [5.74, 6) is 0.345. The highest BCUT2D eigenvalue weighted by molar-refractivity contribution is 5.95. The summed E-state index contributed by atoms with van der Waals surface area (Å²) in [6, 6.07) is 0. The van der Waals surface area contributed by atoms with Crippen molar-refractivity contribution in [3.63, 3.8) is 0 Å². The predicted octanol–water partition coefficient (Wildman–Crippen LogP) is 4.44. The number of ketones is 1. The van der Waals surface area contributed by atoms with E-state index >= 15 is 0 Å². The molecule has 0 aromatic rings. The number of hydrogen-bond acceptors (Lipinski definition) is 1. The molecular formula is C15H24O. The molecule has 1 heteroatoms. The van der Waals surface area contributed by atoms with Crippen LogP contribution < -0.4 is 0 Å². The maximum atomic E-state index is 11.8. The van der Waals surface area contributed by atoms with Crippen LogP contribution in [0.4, 0.5) is 0 Å². The Hall–Kier alpha value is -0.850. The van der Waals surface area contributed by atoms with E-state index in [1.807, 2.05) is 6.92 Å². The molecule has 0 aromatic heterocycles. The molecule has 1 unspecified atom stereocenters. The molecule has 1 rings (SSSR count). The molecule has 0 N–H and O–H groups in total. The molecule has 1 nitrogen and oxygen atoms in total. The van der Waals surface area contributed by atoms with E-state index in [1.54, 1.807) is 0 Å². The van der Waals surface area contributed by atoms with E-state index in [4.69, 9.17) is 0 Å². The first-order valence-electron chi connectivity index (χ1n) is 6.26. The second kappa shape index (κ2) is 5.47. The maximum Gasteiger partial charge on any atom is 0.158 e. The molecule has 0 bridgehead atoms. The fourth-order valence-electron chi connectivity index (χ4n) is 2.29. The monoisotopic (exact) mass is 220 g/mol. The first-order chi connectivity index (χ1) is 7.43. The van der Waals surface area contributed by atoms with Crippen molar-refractivity contribution in [3.05, 3.63) is 23.3 Å². The molecule has 0 saturated carbocycles. The topological polar surface area (TPSA) is 17.1 Å². The second-order valence-corrected chi connectivity index (χ2v) is 5.66. The number of Topliss-reactive ketones (excluding diaryl/α,β-unsaturated/α-hetero) is 1. The summed E-state index contributed by atoms with van der Waals surface area (Å²) in [5, 5.41) is 0. The first kappa shape index (κ1) is 13.2. The average molecular weight is 220 g/mol. The van der Waals surface area contributed by atoms with Gasteiger partial charge >= 0.3 is 0 Å². The third-order valence-electron chi connectivity index (χ3n) is 3.53. The van der Waals surface area contributed by atoms with Gasteiger partial charge in [-0.05, 0) is 57.4 Å². The summed E-state index contributed by atoms with van der Waals surface area (Å²) in [5.41, 5.74) is 2.54. The Kier molecular flexibility index (Phi) is 4.52. The predicted molar refractivity (Wildman–Crippen MR) is 69.4 cm³/mol. The zero-order valence-corrected chi connectivity index (χ0v) is 11.1. The van der Waals surface area contributed by atoms with Crippen LogP contribution in [0.3, 0.4) is 0 Å². The Balaban J connectivity index is 2.58. The molecular weight excluding hydrogens is 196 g/mol. The molecule has 16 heavy (non-hydrogen) atoms. The standard InChI is InChI=1S/C15H24O/c1-12(2)7-5-9-15(4)10-6-8-13(3)14(16)11-15/h7-8H,5-6,9-11H2,1-4H3. The van der Waals surface area contributed by atoms with Crippen molar-refractivity contribution < 1.29 is 4.79 Å². The van der Waals surface area contributed by atoms with Gasteiger partial charge in [0.05, 0.1) is 0 Å². The van der Waals surface area contributed by atoms with Gasteiger partial charge in [-0.3, -0.25) is 4.79 Å². The van der Waals surface area contributed by atoms with Gasteiger partial charge in [0.1, 0.15) is 0 Å². The minimum Gasteiger partial charge on any atom is -0.295 e. The smallest absolute Gasteiger partial charge is 0.158 e. The molecule has 1 aliphatic rings. The quantitative estimate of drug-likeness (QED) is 0.643. The Morgan fingerprint density at radius 3 is 2.81 bits per heavy atom. The lowest BCUT2D eigenvalue weighted by atomic mass is 9.77. The normalized spacial score (nSPS) is 26.0. The Bertz CT molecular complexity index is 318. The van der Waals surface area contributed by atoms with Gasteiger partial charge in [-0.25, -0.2) is 0 Å². The minimum atomic E-state index is 0.206. The van der Waals surface area contributed by atoms with Crippen LogP contribution in [-0.4, -0.2) is 5.78 Å². The lowest BCUT2D eigenvalue weighted by Gasteiger charge is -2.27. The van der Waals surface area contributed by atoms with Crippen molar-refractivity contribution in [3.8, 4) is 0 Å². The van der Waals surface area contributed by atoms with Gasteiger partial charge in [-0.1, -0.05) is 24.6 Å². The number of carbonyl (C=O) groups is 1. The maximum absolute atomic E-state index is 11.8. The molecule has 0 amide bonds. The molecule has 0 saturated heterocycles. The Morgan fingerprint density at radius 2 is 2.19 bits per heavy atom. The largest absolute Gasteiger partial charge is 0.295 e. The van der Waals surface area contributed by atoms with E-state index in [0.29, 0.717) is 5.78 Å². The van der Waals surface area contributed by atoms with Crippen molar-refractivity contribution in [1.29, 1.82) is 0 Å². The molecule has 0 aromatic carbocycles. The third-order valence-corrected chi connectivity index (χ3v) is 3.53. The van der Waals surface area contributed by atoms with E-state index < -0.39 is 0 Å². The summed E-state index contributed by atoms with van der Waals surface area (Å²) < 4.78 is 0. The number of carbonyl (C=O) groups excluding carboxylic acids is 1. The van der Waals surface area contributed by atoms with Gasteiger partial charge in [-0.2, -0.15) is 0 Å². The molecule has 0 radical (unpaired) electrons. The van der Waals surface area contributed by atoms with Crippen molar-refractivity contribution in [2.45, 2.75) is 59.8 Å². The molecule has 0 spiro atoms. The van der Waals surface area contributed by atoms with Gasteiger partial charge in [0.15, 0.2) is 5.78 Å². The third kappa shape index (κ3) is 3.96. The molecule has 0 aliphatic heterocycles. The summed E-state index contributed by atoms with van der Waals surface area (Å²) in [7, 11) is 0. The van der Waals surface area contributed by atoms with Crippen molar-refractivity contribution in [1.82, 2.24) is 0 Å². The number of hydrogen-bond donors (Lipinski definition) is 0. The lowest BCUT2D eigenvalue weighted by Crippen LogP contribution is -2.19. The SMILES string of the molecule is CC(C)=CCCC1(C)CCC=C(C)C(=O)C1. The lowest BCUT2D eigenvalue weighted by molar-refractivity contribution is -0.117.